The van der Waals surface area contributed by atoms with Crippen molar-refractivity contribution in [2.75, 3.05) is 26.2 Å². The van der Waals surface area contributed by atoms with Gasteiger partial charge >= 0.3 is 0 Å². The molecule has 1 atom stereocenters. The molecule has 6 heteroatoms. The second-order valence-corrected chi connectivity index (χ2v) is 7.30. The Morgan fingerprint density at radius 1 is 1.00 bits per heavy atom. The summed E-state index contributed by atoms with van der Waals surface area (Å²) in [5.41, 5.74) is 2.00. The Bertz CT molecular complexity index is 724. The Labute approximate surface area is 147 Å². The molecule has 0 aliphatic carbocycles. The molecule has 0 saturated carbocycles. The van der Waals surface area contributed by atoms with Gasteiger partial charge in [-0.05, 0) is 49.7 Å². The number of likely N-dealkylation sites (tertiary alicyclic amines) is 1. The molecule has 0 spiro atoms. The molecule has 0 bridgehead atoms. The maximum Gasteiger partial charge on any atom is 0.159 e. The Kier molecular flexibility index (Phi) is 4.81. The highest BCUT2D eigenvalue weighted by atomic mass is 19.2. The predicted octanol–water partition coefficient (Wildman–Crippen LogP) is 2.89. The van der Waals surface area contributed by atoms with Crippen LogP contribution in [0.4, 0.5) is 8.78 Å². The first kappa shape index (κ1) is 16.7. The Balaban J connectivity index is 1.50. The van der Waals surface area contributed by atoms with E-state index in [0.29, 0.717) is 12.5 Å². The van der Waals surface area contributed by atoms with Gasteiger partial charge in [0.2, 0.25) is 0 Å². The van der Waals surface area contributed by atoms with E-state index in [1.807, 2.05) is 6.20 Å². The van der Waals surface area contributed by atoms with Crippen LogP contribution in [-0.4, -0.2) is 45.8 Å². The number of hydrogen-bond donors (Lipinski definition) is 0. The van der Waals surface area contributed by atoms with Crippen molar-refractivity contribution >= 4 is 0 Å². The minimum absolute atomic E-state index is 0.490. The van der Waals surface area contributed by atoms with Crippen molar-refractivity contribution in [3.63, 3.8) is 0 Å². The fourth-order valence-corrected chi connectivity index (χ4v) is 4.08. The summed E-state index contributed by atoms with van der Waals surface area (Å²) < 4.78 is 28.8. The predicted molar refractivity (Wildman–Crippen MR) is 91.9 cm³/mol. The number of benzene rings is 1. The lowest BCUT2D eigenvalue weighted by atomic mass is 10.1. The minimum Gasteiger partial charge on any atom is -0.303 e. The summed E-state index contributed by atoms with van der Waals surface area (Å²) >= 11 is 0. The molecule has 0 N–H and O–H groups in total. The average Bonchev–Trinajstić information content (AvgIpc) is 3.21. The van der Waals surface area contributed by atoms with Gasteiger partial charge in [-0.25, -0.2) is 8.78 Å². The van der Waals surface area contributed by atoms with E-state index in [0.717, 1.165) is 31.7 Å². The van der Waals surface area contributed by atoms with Gasteiger partial charge in [0.15, 0.2) is 11.6 Å². The van der Waals surface area contributed by atoms with Crippen LogP contribution in [0.3, 0.4) is 0 Å². The van der Waals surface area contributed by atoms with Crippen molar-refractivity contribution in [1.82, 2.24) is 19.6 Å². The molecule has 1 aromatic carbocycles. The van der Waals surface area contributed by atoms with Crippen molar-refractivity contribution in [2.24, 2.45) is 5.92 Å². The molecule has 2 aliphatic heterocycles. The quantitative estimate of drug-likeness (QED) is 0.851. The summed E-state index contributed by atoms with van der Waals surface area (Å²) in [4.78, 5) is 4.86. The largest absolute Gasteiger partial charge is 0.303 e. The van der Waals surface area contributed by atoms with Crippen molar-refractivity contribution in [3.8, 4) is 0 Å². The molecule has 0 amide bonds. The van der Waals surface area contributed by atoms with Crippen molar-refractivity contribution in [3.05, 3.63) is 53.4 Å². The molecule has 1 fully saturated rings. The van der Waals surface area contributed by atoms with Crippen LogP contribution in [0.1, 0.15) is 24.1 Å². The molecule has 3 heterocycles. The minimum atomic E-state index is -0.787. The topological polar surface area (TPSA) is 24.3 Å². The zero-order valence-corrected chi connectivity index (χ0v) is 14.4. The van der Waals surface area contributed by atoms with Crippen molar-refractivity contribution < 1.29 is 8.78 Å². The number of rotatable bonds is 4. The van der Waals surface area contributed by atoms with E-state index in [9.17, 15) is 8.78 Å². The summed E-state index contributed by atoms with van der Waals surface area (Å²) in [6.07, 6.45) is 4.43. The lowest BCUT2D eigenvalue weighted by molar-refractivity contribution is 0.182. The standard InChI is InChI=1S/C19H24F2N4/c20-18-4-3-15(9-19(18)21)10-24-12-16(11-23-7-1-2-8-23)13-25-17(14-24)5-6-22-25/h3-6,9,16H,1-2,7-8,10-14H2/t16-/m0/s1. The molecule has 1 aromatic heterocycles. The van der Waals surface area contributed by atoms with Gasteiger partial charge in [-0.15, -0.1) is 0 Å². The highest BCUT2D eigenvalue weighted by molar-refractivity contribution is 5.18. The zero-order valence-electron chi connectivity index (χ0n) is 14.4. The van der Waals surface area contributed by atoms with Crippen LogP contribution < -0.4 is 0 Å². The third-order valence-corrected chi connectivity index (χ3v) is 5.24. The van der Waals surface area contributed by atoms with E-state index in [1.165, 1.54) is 43.8 Å². The average molecular weight is 346 g/mol. The first-order valence-electron chi connectivity index (χ1n) is 9.07. The van der Waals surface area contributed by atoms with Crippen molar-refractivity contribution in [1.29, 1.82) is 0 Å². The molecule has 0 radical (unpaired) electrons. The Morgan fingerprint density at radius 2 is 1.84 bits per heavy atom. The van der Waals surface area contributed by atoms with Gasteiger partial charge < -0.3 is 4.90 Å². The first-order chi connectivity index (χ1) is 12.2. The SMILES string of the molecule is Fc1ccc(CN2Cc3ccnn3C[C@@H](CN3CCCC3)C2)cc1F. The second kappa shape index (κ2) is 7.22. The van der Waals surface area contributed by atoms with Gasteiger partial charge in [0.05, 0.1) is 5.69 Å². The number of nitrogens with zero attached hydrogens (tertiary/aromatic N) is 4. The third kappa shape index (κ3) is 3.90. The molecule has 4 nitrogen and oxygen atoms in total. The van der Waals surface area contributed by atoms with E-state index >= 15 is 0 Å². The number of halogens is 2. The first-order valence-corrected chi connectivity index (χ1v) is 9.07. The molecule has 134 valence electrons. The van der Waals surface area contributed by atoms with Gasteiger partial charge in [0, 0.05) is 44.8 Å². The highest BCUT2D eigenvalue weighted by Gasteiger charge is 2.25. The summed E-state index contributed by atoms with van der Waals surface area (Å²) in [6.45, 7) is 6.73. The summed E-state index contributed by atoms with van der Waals surface area (Å²) in [6, 6.07) is 6.26. The molecule has 25 heavy (non-hydrogen) atoms. The fourth-order valence-electron chi connectivity index (χ4n) is 4.08. The monoisotopic (exact) mass is 346 g/mol. The van der Waals surface area contributed by atoms with E-state index in [4.69, 9.17) is 0 Å². The number of fused-ring (bicyclic) bond motifs is 1. The number of aromatic nitrogens is 2. The molecule has 4 rings (SSSR count). The van der Waals surface area contributed by atoms with Crippen LogP contribution in [-0.2, 0) is 19.6 Å². The normalized spacial score (nSPS) is 22.1. The molecular formula is C19H24F2N4. The van der Waals surface area contributed by atoms with Gasteiger partial charge in [-0.3, -0.25) is 9.58 Å². The van der Waals surface area contributed by atoms with Gasteiger partial charge in [0.1, 0.15) is 0 Å². The van der Waals surface area contributed by atoms with Gasteiger partial charge in [-0.2, -0.15) is 5.10 Å². The molecule has 0 unspecified atom stereocenters. The van der Waals surface area contributed by atoms with Crippen LogP contribution >= 0.6 is 0 Å². The van der Waals surface area contributed by atoms with Crippen LogP contribution in [0.15, 0.2) is 30.5 Å². The summed E-state index contributed by atoms with van der Waals surface area (Å²) in [5, 5.41) is 4.47. The summed E-state index contributed by atoms with van der Waals surface area (Å²) in [5.74, 6) is -1.07. The van der Waals surface area contributed by atoms with Crippen LogP contribution in [0, 0.1) is 17.6 Å². The lowest BCUT2D eigenvalue weighted by Gasteiger charge is -2.27. The van der Waals surface area contributed by atoms with Crippen LogP contribution in [0.25, 0.3) is 0 Å². The van der Waals surface area contributed by atoms with Gasteiger partial charge in [-0.1, -0.05) is 6.07 Å². The smallest absolute Gasteiger partial charge is 0.159 e. The maximum atomic E-state index is 13.5. The summed E-state index contributed by atoms with van der Waals surface area (Å²) in [7, 11) is 0. The van der Waals surface area contributed by atoms with E-state index in [2.05, 4.69) is 25.6 Å². The van der Waals surface area contributed by atoms with Crippen LogP contribution in [0.2, 0.25) is 0 Å². The van der Waals surface area contributed by atoms with E-state index < -0.39 is 11.6 Å². The highest BCUT2D eigenvalue weighted by Crippen LogP contribution is 2.21. The molecule has 1 saturated heterocycles. The maximum absolute atomic E-state index is 13.5. The third-order valence-electron chi connectivity index (χ3n) is 5.24. The second-order valence-electron chi connectivity index (χ2n) is 7.30. The Hall–Kier alpha value is -1.79. The molecule has 2 aliphatic rings. The van der Waals surface area contributed by atoms with Gasteiger partial charge in [0.25, 0.3) is 0 Å². The molecule has 2 aromatic rings. The zero-order chi connectivity index (χ0) is 17.2. The lowest BCUT2D eigenvalue weighted by Crippen LogP contribution is -2.35. The Morgan fingerprint density at radius 3 is 2.64 bits per heavy atom. The van der Waals surface area contributed by atoms with E-state index in [1.54, 1.807) is 6.07 Å². The van der Waals surface area contributed by atoms with Crippen molar-refractivity contribution in [2.45, 2.75) is 32.5 Å². The van der Waals surface area contributed by atoms with Crippen LogP contribution in [0.5, 0.6) is 0 Å². The molecular weight excluding hydrogens is 322 g/mol. The fraction of sp³-hybridized carbons (Fsp3) is 0.526. The van der Waals surface area contributed by atoms with E-state index in [-0.39, 0.29) is 0 Å². The number of hydrogen-bond acceptors (Lipinski definition) is 3.